The average molecular weight is 303 g/mol. The number of allylic oxidation sites excluding steroid dienone is 2. The van der Waals surface area contributed by atoms with Crippen molar-refractivity contribution in [1.82, 2.24) is 10.9 Å². The molecule has 2 fully saturated rings. The molecular weight excluding hydrogens is 282 g/mol. The maximum Gasteiger partial charge on any atom is 0.318 e. The van der Waals surface area contributed by atoms with E-state index in [0.29, 0.717) is 25.0 Å². The molecule has 2 atom stereocenters. The van der Waals surface area contributed by atoms with Crippen molar-refractivity contribution in [2.45, 2.75) is 25.4 Å². The van der Waals surface area contributed by atoms with Crippen LogP contribution in [0, 0.1) is 17.3 Å². The van der Waals surface area contributed by atoms with Gasteiger partial charge in [0.05, 0.1) is 19.3 Å². The summed E-state index contributed by atoms with van der Waals surface area (Å²) in [6.07, 6.45) is 7.74. The van der Waals surface area contributed by atoms with E-state index in [9.17, 15) is 9.90 Å². The molecule has 2 unspecified atom stereocenters. The number of carbonyl (C=O) groups excluding carboxylic acids is 1. The second kappa shape index (κ2) is 5.21. The molecular formula is C16H21N3O3. The van der Waals surface area contributed by atoms with Crippen LogP contribution in [0.15, 0.2) is 28.4 Å². The highest BCUT2D eigenvalue weighted by Gasteiger charge is 2.49. The summed E-state index contributed by atoms with van der Waals surface area (Å²) >= 11 is 0. The first-order valence-electron chi connectivity index (χ1n) is 7.94. The van der Waals surface area contributed by atoms with Crippen LogP contribution in [0.5, 0.6) is 0 Å². The van der Waals surface area contributed by atoms with Crippen LogP contribution < -0.4 is 10.9 Å². The van der Waals surface area contributed by atoms with Crippen molar-refractivity contribution in [2.75, 3.05) is 19.7 Å². The minimum atomic E-state index is -0.640. The fraction of sp³-hybridized carbons (Fsp3) is 0.625. The monoisotopic (exact) mass is 303 g/mol. The first-order chi connectivity index (χ1) is 10.7. The third kappa shape index (κ3) is 2.18. The van der Waals surface area contributed by atoms with Gasteiger partial charge in [-0.15, -0.1) is 0 Å². The zero-order valence-corrected chi connectivity index (χ0v) is 12.4. The average Bonchev–Trinajstić information content (AvgIpc) is 2.94. The maximum absolute atomic E-state index is 12.8. The number of aliphatic hydroxyl groups is 1. The summed E-state index contributed by atoms with van der Waals surface area (Å²) < 4.78 is 5.61. The Morgan fingerprint density at radius 3 is 3.18 bits per heavy atom. The van der Waals surface area contributed by atoms with Gasteiger partial charge in [-0.2, -0.15) is 0 Å². The molecule has 2 aliphatic heterocycles. The number of rotatable bonds is 3. The molecule has 0 aromatic heterocycles. The molecule has 0 amide bonds. The highest BCUT2D eigenvalue weighted by molar-refractivity contribution is 5.88. The first-order valence-corrected chi connectivity index (χ1v) is 7.94. The Labute approximate surface area is 129 Å². The number of fused-ring (bicyclic) bond motifs is 2. The zero-order valence-electron chi connectivity index (χ0n) is 12.4. The van der Waals surface area contributed by atoms with Gasteiger partial charge in [-0.25, -0.2) is 5.43 Å². The van der Waals surface area contributed by atoms with E-state index in [2.05, 4.69) is 21.9 Å². The van der Waals surface area contributed by atoms with E-state index in [0.717, 1.165) is 37.1 Å². The molecule has 0 bridgehead atoms. The van der Waals surface area contributed by atoms with Gasteiger partial charge in [0.25, 0.3) is 0 Å². The number of dihydropyridines is 1. The van der Waals surface area contributed by atoms with Crippen LogP contribution in [0.1, 0.15) is 19.3 Å². The lowest BCUT2D eigenvalue weighted by Crippen LogP contribution is -2.44. The molecule has 3 N–H and O–H groups in total. The Hall–Kier alpha value is -1.66. The molecule has 118 valence electrons. The van der Waals surface area contributed by atoms with E-state index in [4.69, 9.17) is 4.74 Å². The van der Waals surface area contributed by atoms with Gasteiger partial charge in [-0.05, 0) is 42.9 Å². The molecule has 4 rings (SSSR count). The number of hydrogen-bond donors (Lipinski definition) is 3. The van der Waals surface area contributed by atoms with E-state index >= 15 is 0 Å². The summed E-state index contributed by atoms with van der Waals surface area (Å²) in [6, 6.07) is 0. The van der Waals surface area contributed by atoms with E-state index < -0.39 is 5.41 Å². The summed E-state index contributed by atoms with van der Waals surface area (Å²) in [4.78, 5) is 17.1. The van der Waals surface area contributed by atoms with Crippen molar-refractivity contribution >= 4 is 12.2 Å². The summed E-state index contributed by atoms with van der Waals surface area (Å²) in [5, 5.41) is 9.33. The largest absolute Gasteiger partial charge is 0.465 e. The molecule has 22 heavy (non-hydrogen) atoms. The van der Waals surface area contributed by atoms with Crippen LogP contribution in [0.2, 0.25) is 0 Å². The molecule has 0 aromatic carbocycles. The van der Waals surface area contributed by atoms with Crippen molar-refractivity contribution in [3.05, 3.63) is 23.4 Å². The number of nitrogens with zero attached hydrogens (tertiary/aromatic N) is 1. The molecule has 0 radical (unpaired) electrons. The summed E-state index contributed by atoms with van der Waals surface area (Å²) in [5.74, 6) is 0.446. The second-order valence-corrected chi connectivity index (χ2v) is 6.79. The van der Waals surface area contributed by atoms with Gasteiger partial charge in [0.2, 0.25) is 0 Å². The number of esters is 1. The summed E-state index contributed by atoms with van der Waals surface area (Å²) in [6.45, 7) is 1.70. The van der Waals surface area contributed by atoms with Crippen LogP contribution in [0.25, 0.3) is 0 Å². The van der Waals surface area contributed by atoms with Crippen LogP contribution in [-0.4, -0.2) is 43.1 Å². The smallest absolute Gasteiger partial charge is 0.318 e. The van der Waals surface area contributed by atoms with Crippen LogP contribution in [0.3, 0.4) is 0 Å². The van der Waals surface area contributed by atoms with Gasteiger partial charge >= 0.3 is 5.97 Å². The lowest BCUT2D eigenvalue weighted by molar-refractivity contribution is -0.157. The fourth-order valence-corrected chi connectivity index (χ4v) is 3.81. The first kappa shape index (κ1) is 14.0. The molecule has 4 aliphatic rings. The number of carbonyl (C=O) groups is 1. The second-order valence-electron chi connectivity index (χ2n) is 6.79. The van der Waals surface area contributed by atoms with Crippen molar-refractivity contribution in [2.24, 2.45) is 22.2 Å². The Balaban J connectivity index is 1.51. The number of nitrogens with one attached hydrogen (secondary N) is 2. The lowest BCUT2D eigenvalue weighted by Gasteiger charge is -2.39. The number of hydrogen-bond acceptors (Lipinski definition) is 6. The molecule has 2 heterocycles. The summed E-state index contributed by atoms with van der Waals surface area (Å²) in [7, 11) is 0. The third-order valence-corrected chi connectivity index (χ3v) is 5.25. The maximum atomic E-state index is 12.8. The van der Waals surface area contributed by atoms with E-state index in [1.807, 2.05) is 6.08 Å². The van der Waals surface area contributed by atoms with Gasteiger partial charge in [0, 0.05) is 24.4 Å². The molecule has 0 aromatic rings. The highest BCUT2D eigenvalue weighted by Crippen LogP contribution is 2.45. The van der Waals surface area contributed by atoms with Gasteiger partial charge < -0.3 is 15.3 Å². The number of hydrazine groups is 1. The zero-order chi connectivity index (χ0) is 15.2. The van der Waals surface area contributed by atoms with Crippen LogP contribution >= 0.6 is 0 Å². The van der Waals surface area contributed by atoms with Crippen molar-refractivity contribution in [3.63, 3.8) is 0 Å². The number of aliphatic imine (C=N–C) groups is 1. The molecule has 0 spiro atoms. The Morgan fingerprint density at radius 1 is 1.50 bits per heavy atom. The minimum Gasteiger partial charge on any atom is -0.465 e. The molecule has 1 saturated carbocycles. The van der Waals surface area contributed by atoms with Gasteiger partial charge in [0.15, 0.2) is 0 Å². The summed E-state index contributed by atoms with van der Waals surface area (Å²) in [5.41, 5.74) is 7.80. The topological polar surface area (TPSA) is 83.0 Å². The van der Waals surface area contributed by atoms with Gasteiger partial charge in [-0.1, -0.05) is 0 Å². The Kier molecular flexibility index (Phi) is 3.31. The molecule has 6 heteroatoms. The van der Waals surface area contributed by atoms with Crippen molar-refractivity contribution < 1.29 is 14.6 Å². The third-order valence-electron chi connectivity index (χ3n) is 5.25. The number of aliphatic hydroxyl groups excluding tert-OH is 1. The minimum absolute atomic E-state index is 0.167. The Bertz CT molecular complexity index is 577. The molecule has 1 saturated heterocycles. The lowest BCUT2D eigenvalue weighted by atomic mass is 9.68. The highest BCUT2D eigenvalue weighted by atomic mass is 16.5. The normalized spacial score (nSPS) is 38.9. The SMILES string of the molecule is O=C(OCC1CC(O)C1)C12CN=CC=C1C=C1NNCC1C2. The fourth-order valence-electron chi connectivity index (χ4n) is 3.81. The molecule has 2 aliphatic carbocycles. The number of ether oxygens (including phenoxy) is 1. The van der Waals surface area contributed by atoms with E-state index in [1.54, 1.807) is 6.21 Å². The quantitative estimate of drug-likeness (QED) is 0.654. The predicted molar refractivity (Wildman–Crippen MR) is 80.9 cm³/mol. The predicted octanol–water partition coefficient (Wildman–Crippen LogP) is 0.309. The van der Waals surface area contributed by atoms with Crippen molar-refractivity contribution in [1.29, 1.82) is 0 Å². The van der Waals surface area contributed by atoms with E-state index in [-0.39, 0.29) is 12.1 Å². The van der Waals surface area contributed by atoms with E-state index in [1.165, 1.54) is 0 Å². The van der Waals surface area contributed by atoms with Crippen LogP contribution in [0.4, 0.5) is 0 Å². The van der Waals surface area contributed by atoms with Crippen LogP contribution in [-0.2, 0) is 9.53 Å². The Morgan fingerprint density at radius 2 is 2.36 bits per heavy atom. The van der Waals surface area contributed by atoms with Gasteiger partial charge in [-0.3, -0.25) is 9.79 Å². The van der Waals surface area contributed by atoms with Crippen molar-refractivity contribution in [3.8, 4) is 0 Å². The van der Waals surface area contributed by atoms with Gasteiger partial charge in [0.1, 0.15) is 5.41 Å². The standard InChI is InChI=1S/C16H21N3O3/c20-13-3-10(4-13)8-22-15(21)16-6-11-7-18-19-14(11)5-12(16)1-2-17-9-16/h1-2,5,10-11,13,18-20H,3-4,6-9H2. The molecule has 6 nitrogen and oxygen atoms in total.